The average molecular weight is 482 g/mol. The lowest BCUT2D eigenvalue weighted by atomic mass is 9.97. The number of imide groups is 1. The SMILES string of the molecule is CC1NC(=O)NC(=O)C1S(=O)(=O)N1CCCC(C(=O)N2CCN(c3ccc(F)cc3)CC2)C1. The van der Waals surface area contributed by atoms with Crippen LogP contribution in [0.4, 0.5) is 14.9 Å². The topological polar surface area (TPSA) is 119 Å². The van der Waals surface area contributed by atoms with Gasteiger partial charge in [0.2, 0.25) is 21.8 Å². The van der Waals surface area contributed by atoms with E-state index >= 15 is 0 Å². The Morgan fingerprint density at radius 3 is 2.36 bits per heavy atom. The molecule has 4 rings (SSSR count). The fourth-order valence-corrected chi connectivity index (χ4v) is 6.76. The summed E-state index contributed by atoms with van der Waals surface area (Å²) in [6.45, 7) is 3.92. The summed E-state index contributed by atoms with van der Waals surface area (Å²) in [7, 11) is -4.06. The van der Waals surface area contributed by atoms with Crippen molar-refractivity contribution in [3.63, 3.8) is 0 Å². The van der Waals surface area contributed by atoms with E-state index in [1.54, 1.807) is 17.0 Å². The third-order valence-electron chi connectivity index (χ3n) is 6.51. The van der Waals surface area contributed by atoms with E-state index in [9.17, 15) is 27.2 Å². The van der Waals surface area contributed by atoms with Gasteiger partial charge in [-0.1, -0.05) is 0 Å². The van der Waals surface area contributed by atoms with E-state index in [4.69, 9.17) is 0 Å². The zero-order chi connectivity index (χ0) is 23.8. The molecule has 3 fully saturated rings. The number of anilines is 1. The van der Waals surface area contributed by atoms with Crippen LogP contribution in [0.15, 0.2) is 24.3 Å². The first-order valence-corrected chi connectivity index (χ1v) is 12.6. The summed E-state index contributed by atoms with van der Waals surface area (Å²) >= 11 is 0. The van der Waals surface area contributed by atoms with E-state index in [1.165, 1.54) is 23.4 Å². The molecule has 10 nitrogen and oxygen atoms in total. The number of nitrogens with zero attached hydrogens (tertiary/aromatic N) is 3. The third kappa shape index (κ3) is 4.81. The van der Waals surface area contributed by atoms with Crippen LogP contribution in [0.2, 0.25) is 0 Å². The van der Waals surface area contributed by atoms with Crippen molar-refractivity contribution >= 4 is 33.6 Å². The van der Waals surface area contributed by atoms with Crippen LogP contribution in [0.1, 0.15) is 19.8 Å². The van der Waals surface area contributed by atoms with Crippen molar-refractivity contribution in [3.8, 4) is 0 Å². The first-order valence-electron chi connectivity index (χ1n) is 11.1. The molecule has 1 aromatic carbocycles. The largest absolute Gasteiger partial charge is 0.368 e. The maximum Gasteiger partial charge on any atom is 0.321 e. The number of hydrogen-bond donors (Lipinski definition) is 2. The van der Waals surface area contributed by atoms with E-state index in [0.717, 1.165) is 5.69 Å². The molecule has 0 aliphatic carbocycles. The number of piperidine rings is 1. The number of rotatable bonds is 4. The first kappa shape index (κ1) is 23.4. The standard InChI is InChI=1S/C21H28FN5O5S/c1-14-18(19(28)24-21(30)23-14)33(31,32)27-8-2-3-15(13-27)20(29)26-11-9-25(10-12-26)17-6-4-16(22)5-7-17/h4-7,14-15,18H,2-3,8-13H2,1H3,(H2,23,24,28,30). The maximum atomic E-state index is 13.2. The summed E-state index contributed by atoms with van der Waals surface area (Å²) in [5, 5.41) is 3.02. The number of carbonyl (C=O) groups is 3. The molecule has 1 aromatic rings. The molecule has 33 heavy (non-hydrogen) atoms. The lowest BCUT2D eigenvalue weighted by Crippen LogP contribution is -2.65. The normalized spacial score (nSPS) is 27.2. The number of piperazine rings is 1. The third-order valence-corrected chi connectivity index (χ3v) is 8.82. The van der Waals surface area contributed by atoms with Gasteiger partial charge in [-0.3, -0.25) is 14.9 Å². The summed E-state index contributed by atoms with van der Waals surface area (Å²) in [5.41, 5.74) is 0.894. The van der Waals surface area contributed by atoms with E-state index in [-0.39, 0.29) is 24.8 Å². The molecule has 0 aromatic heterocycles. The van der Waals surface area contributed by atoms with Crippen LogP contribution in [0.5, 0.6) is 0 Å². The lowest BCUT2D eigenvalue weighted by molar-refractivity contribution is -0.137. The predicted molar refractivity (Wildman–Crippen MR) is 118 cm³/mol. The molecule has 180 valence electrons. The lowest BCUT2D eigenvalue weighted by Gasteiger charge is -2.40. The summed E-state index contributed by atoms with van der Waals surface area (Å²) in [6.07, 6.45) is 1.09. The Labute approximate surface area is 192 Å². The van der Waals surface area contributed by atoms with Gasteiger partial charge in [-0.2, -0.15) is 0 Å². The van der Waals surface area contributed by atoms with Crippen molar-refractivity contribution in [2.75, 3.05) is 44.2 Å². The van der Waals surface area contributed by atoms with E-state index in [1.807, 2.05) is 5.32 Å². The summed E-state index contributed by atoms with van der Waals surface area (Å²) in [4.78, 5) is 40.7. The Morgan fingerprint density at radius 2 is 1.73 bits per heavy atom. The quantitative estimate of drug-likeness (QED) is 0.630. The number of urea groups is 1. The summed E-state index contributed by atoms with van der Waals surface area (Å²) in [6, 6.07) is 4.64. The highest BCUT2D eigenvalue weighted by molar-refractivity contribution is 7.90. The van der Waals surface area contributed by atoms with E-state index < -0.39 is 39.2 Å². The number of halogens is 1. The molecular formula is C21H28FN5O5S. The molecule has 12 heteroatoms. The van der Waals surface area contributed by atoms with Gasteiger partial charge in [0, 0.05) is 45.0 Å². The molecule has 0 radical (unpaired) electrons. The monoisotopic (exact) mass is 481 g/mol. The second-order valence-electron chi connectivity index (χ2n) is 8.70. The molecular weight excluding hydrogens is 453 g/mol. The Kier molecular flexibility index (Phi) is 6.57. The second kappa shape index (κ2) is 9.26. The fourth-order valence-electron chi connectivity index (χ4n) is 4.75. The minimum atomic E-state index is -4.06. The van der Waals surface area contributed by atoms with Crippen molar-refractivity contribution in [2.45, 2.75) is 31.1 Å². The highest BCUT2D eigenvalue weighted by Gasteiger charge is 2.47. The highest BCUT2D eigenvalue weighted by Crippen LogP contribution is 2.26. The van der Waals surface area contributed by atoms with Crippen molar-refractivity contribution in [1.29, 1.82) is 0 Å². The first-order chi connectivity index (χ1) is 15.7. The highest BCUT2D eigenvalue weighted by atomic mass is 32.2. The molecule has 2 N–H and O–H groups in total. The zero-order valence-corrected chi connectivity index (χ0v) is 19.2. The number of benzene rings is 1. The van der Waals surface area contributed by atoms with Gasteiger partial charge in [0.15, 0.2) is 5.25 Å². The van der Waals surface area contributed by atoms with Gasteiger partial charge in [0.25, 0.3) is 0 Å². The summed E-state index contributed by atoms with van der Waals surface area (Å²) < 4.78 is 40.8. The van der Waals surface area contributed by atoms with E-state index in [2.05, 4.69) is 10.2 Å². The maximum absolute atomic E-state index is 13.2. The van der Waals surface area contributed by atoms with Crippen molar-refractivity contribution in [3.05, 3.63) is 30.1 Å². The van der Waals surface area contributed by atoms with E-state index in [0.29, 0.717) is 39.0 Å². The van der Waals surface area contributed by atoms with Crippen molar-refractivity contribution in [1.82, 2.24) is 19.8 Å². The fraction of sp³-hybridized carbons (Fsp3) is 0.571. The van der Waals surface area contributed by atoms with Crippen LogP contribution in [0.25, 0.3) is 0 Å². The van der Waals surface area contributed by atoms with Crippen molar-refractivity contribution in [2.24, 2.45) is 5.92 Å². The average Bonchev–Trinajstić information content (AvgIpc) is 2.78. The second-order valence-corrected chi connectivity index (χ2v) is 10.8. The smallest absolute Gasteiger partial charge is 0.321 e. The Balaban J connectivity index is 1.38. The predicted octanol–water partition coefficient (Wildman–Crippen LogP) is 0.113. The molecule has 3 heterocycles. The van der Waals surface area contributed by atoms with Gasteiger partial charge >= 0.3 is 6.03 Å². The van der Waals surface area contributed by atoms with Gasteiger partial charge in [-0.05, 0) is 44.0 Å². The molecule has 3 unspecified atom stereocenters. The van der Waals surface area contributed by atoms with Gasteiger partial charge < -0.3 is 15.1 Å². The van der Waals surface area contributed by atoms with Crippen LogP contribution in [-0.2, 0) is 19.6 Å². The molecule has 3 aliphatic heterocycles. The minimum absolute atomic E-state index is 0.0176. The Morgan fingerprint density at radius 1 is 1.06 bits per heavy atom. The van der Waals surface area contributed by atoms with Crippen LogP contribution in [-0.4, -0.2) is 86.0 Å². The molecule has 0 spiro atoms. The number of carbonyl (C=O) groups excluding carboxylic acids is 3. The zero-order valence-electron chi connectivity index (χ0n) is 18.4. The van der Waals surface area contributed by atoms with Crippen molar-refractivity contribution < 1.29 is 27.2 Å². The molecule has 3 saturated heterocycles. The number of nitrogens with one attached hydrogen (secondary N) is 2. The van der Waals surface area contributed by atoms with Crippen LogP contribution >= 0.6 is 0 Å². The molecule has 0 bridgehead atoms. The Hall–Kier alpha value is -2.73. The number of amides is 4. The summed E-state index contributed by atoms with van der Waals surface area (Å²) in [5.74, 6) is -1.73. The number of hydrogen-bond acceptors (Lipinski definition) is 6. The molecule has 3 atom stereocenters. The Bertz CT molecular complexity index is 1030. The van der Waals surface area contributed by atoms with Gasteiger partial charge in [-0.15, -0.1) is 0 Å². The minimum Gasteiger partial charge on any atom is -0.368 e. The molecule has 0 saturated carbocycles. The van der Waals surface area contributed by atoms with Gasteiger partial charge in [-0.25, -0.2) is 21.9 Å². The molecule has 3 aliphatic rings. The van der Waals surface area contributed by atoms with Gasteiger partial charge in [0.05, 0.1) is 12.0 Å². The van der Waals surface area contributed by atoms with Crippen LogP contribution < -0.4 is 15.5 Å². The van der Waals surface area contributed by atoms with Crippen LogP contribution in [0, 0.1) is 11.7 Å². The van der Waals surface area contributed by atoms with Gasteiger partial charge in [0.1, 0.15) is 5.82 Å². The van der Waals surface area contributed by atoms with Crippen LogP contribution in [0.3, 0.4) is 0 Å². The number of sulfonamides is 1. The molecule has 4 amide bonds.